The van der Waals surface area contributed by atoms with E-state index < -0.39 is 29.1 Å². The fourth-order valence-corrected chi connectivity index (χ4v) is 1.78. The van der Waals surface area contributed by atoms with E-state index in [0.29, 0.717) is 5.56 Å². The van der Waals surface area contributed by atoms with Crippen molar-refractivity contribution in [3.63, 3.8) is 0 Å². The zero-order valence-corrected chi connectivity index (χ0v) is 10.7. The Morgan fingerprint density at radius 3 is 2.28 bits per heavy atom. The summed E-state index contributed by atoms with van der Waals surface area (Å²) in [5, 5.41) is 0. The van der Waals surface area contributed by atoms with E-state index in [4.69, 9.17) is 5.73 Å². The molecule has 0 aliphatic carbocycles. The number of hydrogen-bond donors (Lipinski definition) is 1. The largest absolute Gasteiger partial charge is 0.469 e. The number of nitrogens with two attached hydrogens (primary N) is 1. The topological polar surface area (TPSA) is 52.3 Å². The minimum atomic E-state index is -0.879. The second-order valence-corrected chi connectivity index (χ2v) is 4.62. The molecule has 1 aromatic carbocycles. The van der Waals surface area contributed by atoms with Gasteiger partial charge in [-0.25, -0.2) is 8.78 Å². The fraction of sp³-hybridized carbons (Fsp3) is 0.462. The van der Waals surface area contributed by atoms with E-state index in [1.54, 1.807) is 13.8 Å². The van der Waals surface area contributed by atoms with Gasteiger partial charge in [-0.1, -0.05) is 6.92 Å². The van der Waals surface area contributed by atoms with E-state index in [2.05, 4.69) is 4.74 Å². The van der Waals surface area contributed by atoms with Gasteiger partial charge in [-0.2, -0.15) is 0 Å². The van der Waals surface area contributed by atoms with E-state index in [9.17, 15) is 13.6 Å². The van der Waals surface area contributed by atoms with Crippen molar-refractivity contribution in [2.75, 3.05) is 7.11 Å². The number of halogens is 2. The number of carbonyl (C=O) groups is 1. The van der Waals surface area contributed by atoms with Crippen LogP contribution >= 0.6 is 0 Å². The van der Waals surface area contributed by atoms with Gasteiger partial charge in [0.25, 0.3) is 0 Å². The van der Waals surface area contributed by atoms with Crippen molar-refractivity contribution in [1.29, 1.82) is 0 Å². The van der Waals surface area contributed by atoms with Gasteiger partial charge in [0.1, 0.15) is 11.6 Å². The maximum Gasteiger partial charge on any atom is 0.306 e. The maximum absolute atomic E-state index is 13.2. The first kappa shape index (κ1) is 14.6. The summed E-state index contributed by atoms with van der Waals surface area (Å²) in [5.41, 5.74) is 5.32. The quantitative estimate of drug-likeness (QED) is 0.841. The summed E-state index contributed by atoms with van der Waals surface area (Å²) in [6.07, 6.45) is -0.0376. The predicted octanol–water partition coefficient (Wildman–Crippen LogP) is 2.13. The molecule has 0 amide bonds. The summed E-state index contributed by atoms with van der Waals surface area (Å²) in [6, 6.07) is 2.70. The standard InChI is InChI=1S/C13H17F2NO2/c1-8(16)13(2,7-12(17)18-3)9-4-10(14)6-11(15)5-9/h4-6,8H,7,16H2,1-3H3. The third kappa shape index (κ3) is 3.04. The Labute approximate surface area is 105 Å². The molecule has 1 rings (SSSR count). The number of hydrogen-bond acceptors (Lipinski definition) is 3. The van der Waals surface area contributed by atoms with Crippen molar-refractivity contribution < 1.29 is 18.3 Å². The monoisotopic (exact) mass is 257 g/mol. The molecule has 18 heavy (non-hydrogen) atoms. The minimum Gasteiger partial charge on any atom is -0.469 e. The number of esters is 1. The van der Waals surface area contributed by atoms with Crippen LogP contribution < -0.4 is 5.73 Å². The molecule has 2 unspecified atom stereocenters. The van der Waals surface area contributed by atoms with Crippen molar-refractivity contribution in [3.8, 4) is 0 Å². The predicted molar refractivity (Wildman–Crippen MR) is 64.0 cm³/mol. The molecular weight excluding hydrogens is 240 g/mol. The molecule has 2 atom stereocenters. The van der Waals surface area contributed by atoms with Gasteiger partial charge < -0.3 is 10.5 Å². The molecule has 0 bridgehead atoms. The lowest BCUT2D eigenvalue weighted by atomic mass is 9.74. The van der Waals surface area contributed by atoms with Gasteiger partial charge in [0.15, 0.2) is 0 Å². The average Bonchev–Trinajstić information content (AvgIpc) is 2.27. The second kappa shape index (κ2) is 5.44. The van der Waals surface area contributed by atoms with E-state index in [0.717, 1.165) is 6.07 Å². The van der Waals surface area contributed by atoms with Crippen LogP contribution in [0.4, 0.5) is 8.78 Å². The van der Waals surface area contributed by atoms with E-state index in [1.165, 1.54) is 19.2 Å². The molecule has 3 nitrogen and oxygen atoms in total. The smallest absolute Gasteiger partial charge is 0.306 e. The zero-order chi connectivity index (χ0) is 13.9. The molecule has 0 saturated heterocycles. The first-order valence-corrected chi connectivity index (χ1v) is 5.58. The van der Waals surface area contributed by atoms with Gasteiger partial charge >= 0.3 is 5.97 Å². The first-order valence-electron chi connectivity index (χ1n) is 5.58. The lowest BCUT2D eigenvalue weighted by Crippen LogP contribution is -2.43. The fourth-order valence-electron chi connectivity index (χ4n) is 1.78. The zero-order valence-electron chi connectivity index (χ0n) is 10.7. The highest BCUT2D eigenvalue weighted by atomic mass is 19.1. The van der Waals surface area contributed by atoms with E-state index in [1.807, 2.05) is 0 Å². The third-order valence-electron chi connectivity index (χ3n) is 3.27. The van der Waals surface area contributed by atoms with Crippen LogP contribution in [0.15, 0.2) is 18.2 Å². The Balaban J connectivity index is 3.22. The van der Waals surface area contributed by atoms with Crippen LogP contribution in [0.25, 0.3) is 0 Å². The lowest BCUT2D eigenvalue weighted by Gasteiger charge is -2.33. The number of rotatable bonds is 4. The molecule has 5 heteroatoms. The average molecular weight is 257 g/mol. The van der Waals surface area contributed by atoms with Crippen molar-refractivity contribution >= 4 is 5.97 Å². The summed E-state index contributed by atoms with van der Waals surface area (Å²) in [5.74, 6) is -1.86. The SMILES string of the molecule is COC(=O)CC(C)(c1cc(F)cc(F)c1)C(C)N. The Morgan fingerprint density at radius 1 is 1.39 bits per heavy atom. The number of methoxy groups -OCH3 is 1. The van der Waals surface area contributed by atoms with Crippen molar-refractivity contribution in [2.45, 2.75) is 31.7 Å². The van der Waals surface area contributed by atoms with Crippen LogP contribution in [0.5, 0.6) is 0 Å². The molecule has 1 aromatic rings. The van der Waals surface area contributed by atoms with Gasteiger partial charge in [-0.05, 0) is 24.6 Å². The Kier molecular flexibility index (Phi) is 4.40. The summed E-state index contributed by atoms with van der Waals surface area (Å²) >= 11 is 0. The van der Waals surface area contributed by atoms with Gasteiger partial charge in [-0.3, -0.25) is 4.79 Å². The lowest BCUT2D eigenvalue weighted by molar-refractivity contribution is -0.142. The van der Waals surface area contributed by atoms with Crippen LogP contribution in [-0.2, 0) is 14.9 Å². The molecule has 0 heterocycles. The molecule has 0 spiro atoms. The molecule has 0 aliphatic heterocycles. The molecule has 0 radical (unpaired) electrons. The molecule has 0 saturated carbocycles. The second-order valence-electron chi connectivity index (χ2n) is 4.62. The normalized spacial score (nSPS) is 15.9. The molecule has 0 aromatic heterocycles. The highest BCUT2D eigenvalue weighted by Crippen LogP contribution is 2.32. The molecule has 100 valence electrons. The van der Waals surface area contributed by atoms with Crippen LogP contribution in [0.2, 0.25) is 0 Å². The molecule has 0 aliphatic rings. The third-order valence-corrected chi connectivity index (χ3v) is 3.27. The Bertz CT molecular complexity index is 428. The molecule has 2 N–H and O–H groups in total. The highest BCUT2D eigenvalue weighted by Gasteiger charge is 2.34. The number of carbonyl (C=O) groups excluding carboxylic acids is 1. The van der Waals surface area contributed by atoms with E-state index >= 15 is 0 Å². The van der Waals surface area contributed by atoms with Gasteiger partial charge in [-0.15, -0.1) is 0 Å². The summed E-state index contributed by atoms with van der Waals surface area (Å²) in [6.45, 7) is 3.37. The van der Waals surface area contributed by atoms with Crippen LogP contribution in [0.1, 0.15) is 25.8 Å². The van der Waals surface area contributed by atoms with Crippen LogP contribution in [0, 0.1) is 11.6 Å². The van der Waals surface area contributed by atoms with Gasteiger partial charge in [0.2, 0.25) is 0 Å². The van der Waals surface area contributed by atoms with Crippen molar-refractivity contribution in [3.05, 3.63) is 35.4 Å². The van der Waals surface area contributed by atoms with Crippen molar-refractivity contribution in [1.82, 2.24) is 0 Å². The summed E-state index contributed by atoms with van der Waals surface area (Å²) in [7, 11) is 1.26. The van der Waals surface area contributed by atoms with Gasteiger partial charge in [0.05, 0.1) is 13.5 Å². The summed E-state index contributed by atoms with van der Waals surface area (Å²) < 4.78 is 31.1. The number of ether oxygens (including phenoxy) is 1. The molecule has 0 fully saturated rings. The first-order chi connectivity index (χ1) is 8.29. The molecular formula is C13H17F2NO2. The Hall–Kier alpha value is -1.49. The van der Waals surface area contributed by atoms with Crippen LogP contribution in [-0.4, -0.2) is 19.1 Å². The van der Waals surface area contributed by atoms with Crippen LogP contribution in [0.3, 0.4) is 0 Å². The van der Waals surface area contributed by atoms with Crippen molar-refractivity contribution in [2.24, 2.45) is 5.73 Å². The Morgan fingerprint density at radius 2 is 1.89 bits per heavy atom. The maximum atomic E-state index is 13.2. The minimum absolute atomic E-state index is 0.0376. The van der Waals surface area contributed by atoms with Gasteiger partial charge in [0, 0.05) is 17.5 Å². The highest BCUT2D eigenvalue weighted by molar-refractivity contribution is 5.71. The summed E-state index contributed by atoms with van der Waals surface area (Å²) in [4.78, 5) is 11.4. The number of benzene rings is 1. The van der Waals surface area contributed by atoms with E-state index in [-0.39, 0.29) is 6.42 Å².